The van der Waals surface area contributed by atoms with Gasteiger partial charge in [-0.15, -0.1) is 0 Å². The largest absolute Gasteiger partial charge is 0.390 e. The molecule has 0 fully saturated rings. The second-order valence-electron chi connectivity index (χ2n) is 5.37. The second kappa shape index (κ2) is 7.93. The lowest BCUT2D eigenvalue weighted by atomic mass is 10.0. The fraction of sp³-hybridized carbons (Fsp3) is 0.400. The Morgan fingerprint density at radius 3 is 2.79 bits per heavy atom. The number of nitrogens with one attached hydrogen (secondary N) is 1. The summed E-state index contributed by atoms with van der Waals surface area (Å²) in [5, 5.41) is 27.4. The lowest BCUT2D eigenvalue weighted by molar-refractivity contribution is -0.385. The van der Waals surface area contributed by atoms with Gasteiger partial charge in [-0.3, -0.25) is 14.8 Å². The van der Waals surface area contributed by atoms with Gasteiger partial charge in [0.2, 0.25) is 0 Å². The summed E-state index contributed by atoms with van der Waals surface area (Å²) in [5.41, 5.74) is 0.163. The van der Waals surface area contributed by atoms with E-state index in [4.69, 9.17) is 0 Å². The molecule has 0 spiro atoms. The maximum atomic E-state index is 13.8. The maximum Gasteiger partial charge on any atom is 0.306 e. The molecule has 0 bridgehead atoms. The van der Waals surface area contributed by atoms with Crippen LogP contribution in [0.1, 0.15) is 24.9 Å². The molecule has 24 heavy (non-hydrogen) atoms. The van der Waals surface area contributed by atoms with E-state index in [1.54, 1.807) is 0 Å². The van der Waals surface area contributed by atoms with Crippen LogP contribution < -0.4 is 5.32 Å². The summed E-state index contributed by atoms with van der Waals surface area (Å²) in [6, 6.07) is 2.99. The first kappa shape index (κ1) is 18.0. The van der Waals surface area contributed by atoms with Crippen molar-refractivity contribution in [2.45, 2.75) is 32.0 Å². The van der Waals surface area contributed by atoms with E-state index in [0.29, 0.717) is 12.0 Å². The van der Waals surface area contributed by atoms with Crippen molar-refractivity contribution in [1.29, 1.82) is 0 Å². The van der Waals surface area contributed by atoms with E-state index >= 15 is 0 Å². The average Bonchev–Trinajstić information content (AvgIpc) is 2.98. The minimum atomic E-state index is -0.873. The monoisotopic (exact) mass is 340 g/mol. The van der Waals surface area contributed by atoms with E-state index in [1.165, 1.54) is 23.0 Å². The predicted octanol–water partition coefficient (Wildman–Crippen LogP) is 2.17. The zero-order valence-electron chi connectivity index (χ0n) is 13.0. The molecular formula is C15H18F2N4O3. The highest BCUT2D eigenvalue weighted by Crippen LogP contribution is 2.20. The van der Waals surface area contributed by atoms with Gasteiger partial charge in [-0.1, -0.05) is 13.0 Å². The number of rotatable bonds is 8. The van der Waals surface area contributed by atoms with Gasteiger partial charge >= 0.3 is 5.69 Å². The first-order valence-corrected chi connectivity index (χ1v) is 7.44. The Morgan fingerprint density at radius 1 is 1.46 bits per heavy atom. The molecule has 1 heterocycles. The SMILES string of the molecule is CCC(NCC(O)Cn1cc([N+](=O)[O-])cn1)c1ccc(F)cc1F. The minimum Gasteiger partial charge on any atom is -0.390 e. The van der Waals surface area contributed by atoms with E-state index < -0.39 is 22.7 Å². The number of hydrogen-bond donors (Lipinski definition) is 2. The summed E-state index contributed by atoms with van der Waals surface area (Å²) in [6.07, 6.45) is 1.99. The molecule has 0 saturated heterocycles. The molecule has 0 aliphatic rings. The van der Waals surface area contributed by atoms with Crippen LogP contribution >= 0.6 is 0 Å². The summed E-state index contributed by atoms with van der Waals surface area (Å²) in [4.78, 5) is 10.0. The molecule has 0 saturated carbocycles. The van der Waals surface area contributed by atoms with Crippen molar-refractivity contribution in [3.05, 3.63) is 57.9 Å². The van der Waals surface area contributed by atoms with Crippen molar-refractivity contribution < 1.29 is 18.8 Å². The molecule has 9 heteroatoms. The Morgan fingerprint density at radius 2 is 2.21 bits per heavy atom. The zero-order valence-corrected chi connectivity index (χ0v) is 13.0. The Balaban J connectivity index is 1.93. The van der Waals surface area contributed by atoms with Gasteiger partial charge in [0, 0.05) is 24.2 Å². The molecule has 1 aromatic carbocycles. The van der Waals surface area contributed by atoms with Crippen molar-refractivity contribution in [2.24, 2.45) is 0 Å². The van der Waals surface area contributed by atoms with Gasteiger partial charge in [-0.2, -0.15) is 5.10 Å². The number of halogens is 2. The minimum absolute atomic E-state index is 0.0587. The van der Waals surface area contributed by atoms with Gasteiger partial charge in [0.15, 0.2) is 0 Å². The highest BCUT2D eigenvalue weighted by Gasteiger charge is 2.17. The lowest BCUT2D eigenvalue weighted by Crippen LogP contribution is -2.33. The first-order chi connectivity index (χ1) is 11.4. The summed E-state index contributed by atoms with van der Waals surface area (Å²) in [6.45, 7) is 2.02. The third-order valence-corrected chi connectivity index (χ3v) is 3.57. The number of aliphatic hydroxyl groups excluding tert-OH is 1. The van der Waals surface area contributed by atoms with Crippen LogP contribution in [0.3, 0.4) is 0 Å². The number of hydrogen-bond acceptors (Lipinski definition) is 5. The van der Waals surface area contributed by atoms with Crippen molar-refractivity contribution in [1.82, 2.24) is 15.1 Å². The first-order valence-electron chi connectivity index (χ1n) is 7.44. The molecule has 1 aromatic heterocycles. The van der Waals surface area contributed by atoms with Crippen molar-refractivity contribution in [3.8, 4) is 0 Å². The summed E-state index contributed by atoms with van der Waals surface area (Å²) < 4.78 is 28.1. The van der Waals surface area contributed by atoms with E-state index in [2.05, 4.69) is 10.4 Å². The fourth-order valence-electron chi connectivity index (χ4n) is 2.36. The standard InChI is InChI=1S/C15H18F2N4O3/c1-2-15(13-4-3-10(16)5-14(13)17)18-7-12(22)9-20-8-11(6-19-20)21(23)24/h3-6,8,12,15,18,22H,2,7,9H2,1H3. The molecule has 2 rings (SSSR count). The Kier molecular flexibility index (Phi) is 5.93. The number of benzene rings is 1. The maximum absolute atomic E-state index is 13.8. The molecule has 7 nitrogen and oxygen atoms in total. The Labute approximate surface area is 137 Å². The number of aromatic nitrogens is 2. The molecule has 0 amide bonds. The molecule has 2 unspecified atom stereocenters. The van der Waals surface area contributed by atoms with E-state index in [9.17, 15) is 24.0 Å². The number of nitrogens with zero attached hydrogens (tertiary/aromatic N) is 3. The van der Waals surface area contributed by atoms with Crippen LogP contribution in [0, 0.1) is 21.7 Å². The van der Waals surface area contributed by atoms with E-state index in [1.807, 2.05) is 6.92 Å². The molecule has 130 valence electrons. The smallest absolute Gasteiger partial charge is 0.306 e. The topological polar surface area (TPSA) is 93.2 Å². The molecule has 0 aliphatic heterocycles. The normalized spacial score (nSPS) is 13.7. The summed E-state index contributed by atoms with van der Waals surface area (Å²) in [5.74, 6) is -1.29. The molecule has 0 radical (unpaired) electrons. The predicted molar refractivity (Wildman–Crippen MR) is 82.3 cm³/mol. The average molecular weight is 340 g/mol. The van der Waals surface area contributed by atoms with Crippen molar-refractivity contribution in [3.63, 3.8) is 0 Å². The lowest BCUT2D eigenvalue weighted by Gasteiger charge is -2.20. The van der Waals surface area contributed by atoms with Crippen LogP contribution in [0.4, 0.5) is 14.5 Å². The summed E-state index contributed by atoms with van der Waals surface area (Å²) in [7, 11) is 0. The van der Waals surface area contributed by atoms with E-state index in [0.717, 1.165) is 12.3 Å². The molecule has 2 N–H and O–H groups in total. The van der Waals surface area contributed by atoms with Gasteiger partial charge in [0.05, 0.1) is 17.6 Å². The van der Waals surface area contributed by atoms with Crippen LogP contribution in [0.15, 0.2) is 30.6 Å². The van der Waals surface area contributed by atoms with Crippen LogP contribution in [0.5, 0.6) is 0 Å². The number of nitro groups is 1. The van der Waals surface area contributed by atoms with E-state index in [-0.39, 0.29) is 24.8 Å². The third kappa shape index (κ3) is 4.56. The Bertz CT molecular complexity index is 708. The molecule has 2 aromatic rings. The van der Waals surface area contributed by atoms with Crippen LogP contribution in [-0.4, -0.2) is 32.5 Å². The fourth-order valence-corrected chi connectivity index (χ4v) is 2.36. The van der Waals surface area contributed by atoms with Gasteiger partial charge in [-0.05, 0) is 12.5 Å². The highest BCUT2D eigenvalue weighted by atomic mass is 19.1. The molecule has 2 atom stereocenters. The van der Waals surface area contributed by atoms with Crippen LogP contribution in [0.25, 0.3) is 0 Å². The third-order valence-electron chi connectivity index (χ3n) is 3.57. The van der Waals surface area contributed by atoms with Crippen LogP contribution in [0.2, 0.25) is 0 Å². The highest BCUT2D eigenvalue weighted by molar-refractivity contribution is 5.22. The summed E-state index contributed by atoms with van der Waals surface area (Å²) >= 11 is 0. The van der Waals surface area contributed by atoms with Gasteiger partial charge in [0.1, 0.15) is 24.0 Å². The molecule has 0 aliphatic carbocycles. The van der Waals surface area contributed by atoms with Gasteiger partial charge in [0.25, 0.3) is 0 Å². The molecular weight excluding hydrogens is 322 g/mol. The Hall–Kier alpha value is -2.39. The van der Waals surface area contributed by atoms with Crippen molar-refractivity contribution in [2.75, 3.05) is 6.54 Å². The number of aliphatic hydroxyl groups is 1. The van der Waals surface area contributed by atoms with Gasteiger partial charge < -0.3 is 10.4 Å². The second-order valence-corrected chi connectivity index (χ2v) is 5.37. The quantitative estimate of drug-likeness (QED) is 0.567. The van der Waals surface area contributed by atoms with Gasteiger partial charge in [-0.25, -0.2) is 8.78 Å². The zero-order chi connectivity index (χ0) is 17.7. The van der Waals surface area contributed by atoms with Crippen molar-refractivity contribution >= 4 is 5.69 Å². The van der Waals surface area contributed by atoms with Crippen LogP contribution in [-0.2, 0) is 6.54 Å².